The van der Waals surface area contributed by atoms with Gasteiger partial charge in [0, 0.05) is 4.47 Å². The Hall–Kier alpha value is -1.40. The average Bonchev–Trinajstić information content (AvgIpc) is 2.44. The molecule has 0 amide bonds. The van der Waals surface area contributed by atoms with Crippen LogP contribution in [0.2, 0.25) is 0 Å². The fourth-order valence-corrected chi connectivity index (χ4v) is 4.42. The minimum Gasteiger partial charge on any atom is -0.458 e. The van der Waals surface area contributed by atoms with Crippen molar-refractivity contribution in [1.82, 2.24) is 0 Å². The Morgan fingerprint density at radius 3 is 2.25 bits per heavy atom. The van der Waals surface area contributed by atoms with E-state index < -0.39 is 15.8 Å². The second-order valence-electron chi connectivity index (χ2n) is 6.04. The predicted octanol–water partition coefficient (Wildman–Crippen LogP) is 4.62. The number of benzene rings is 1. The molecule has 0 atom stereocenters. The van der Waals surface area contributed by atoms with Crippen LogP contribution >= 0.6 is 15.9 Å². The van der Waals surface area contributed by atoms with Crippen LogP contribution in [0.4, 0.5) is 0 Å². The summed E-state index contributed by atoms with van der Waals surface area (Å²) in [4.78, 5) is 12.3. The highest BCUT2D eigenvalue weighted by Crippen LogP contribution is 2.27. The molecule has 6 heteroatoms. The molecule has 1 rings (SSSR count). The summed E-state index contributed by atoms with van der Waals surface area (Å²) >= 11 is 3.28. The van der Waals surface area contributed by atoms with E-state index in [2.05, 4.69) is 15.9 Å². The molecule has 0 unspecified atom stereocenters. The van der Waals surface area contributed by atoms with Gasteiger partial charge in [0.25, 0.3) is 0 Å². The Kier molecular flexibility index (Phi) is 7.42. The number of allylic oxidation sites excluding steroid dienone is 2. The molecule has 0 aliphatic carbocycles. The van der Waals surface area contributed by atoms with Gasteiger partial charge < -0.3 is 4.74 Å². The zero-order valence-electron chi connectivity index (χ0n) is 14.6. The molecule has 4 nitrogen and oxygen atoms in total. The van der Waals surface area contributed by atoms with Crippen molar-refractivity contribution in [3.8, 4) is 0 Å². The lowest BCUT2D eigenvalue weighted by Gasteiger charge is -2.11. The van der Waals surface area contributed by atoms with Crippen LogP contribution in [-0.2, 0) is 14.6 Å². The molecule has 24 heavy (non-hydrogen) atoms. The van der Waals surface area contributed by atoms with Crippen LogP contribution in [0.25, 0.3) is 0 Å². The molecular formula is C18H23BrO4S. The minimum atomic E-state index is -3.54. The van der Waals surface area contributed by atoms with E-state index in [-0.39, 0.29) is 22.8 Å². The van der Waals surface area contributed by atoms with Gasteiger partial charge in [0.05, 0.1) is 16.2 Å². The Morgan fingerprint density at radius 1 is 1.12 bits per heavy atom. The van der Waals surface area contributed by atoms with Crippen molar-refractivity contribution < 1.29 is 17.9 Å². The average molecular weight is 415 g/mol. The summed E-state index contributed by atoms with van der Waals surface area (Å²) < 4.78 is 30.7. The molecule has 0 aromatic heterocycles. The Balaban J connectivity index is 3.20. The van der Waals surface area contributed by atoms with E-state index in [1.807, 2.05) is 27.7 Å². The smallest absolute Gasteiger partial charge is 0.338 e. The van der Waals surface area contributed by atoms with Crippen LogP contribution in [-0.4, -0.2) is 26.7 Å². The Labute approximate surface area is 152 Å². The Bertz CT molecular complexity index is 781. The first-order valence-corrected chi connectivity index (χ1v) is 9.96. The van der Waals surface area contributed by atoms with Gasteiger partial charge in [-0.25, -0.2) is 13.2 Å². The van der Waals surface area contributed by atoms with Crippen LogP contribution in [0.1, 0.15) is 43.6 Å². The number of carbonyl (C=O) groups excluding carboxylic acids is 1. The van der Waals surface area contributed by atoms with Crippen molar-refractivity contribution in [3.05, 3.63) is 51.0 Å². The molecule has 0 fully saturated rings. The minimum absolute atomic E-state index is 0.0970. The van der Waals surface area contributed by atoms with Crippen molar-refractivity contribution >= 4 is 31.7 Å². The van der Waals surface area contributed by atoms with Gasteiger partial charge in [0.2, 0.25) is 0 Å². The summed E-state index contributed by atoms with van der Waals surface area (Å²) in [7, 11) is -3.54. The third-order valence-corrected chi connectivity index (χ3v) is 5.78. The molecule has 0 N–H and O–H groups in total. The summed E-state index contributed by atoms with van der Waals surface area (Å²) in [6.07, 6.45) is 3.44. The van der Waals surface area contributed by atoms with E-state index in [0.29, 0.717) is 10.0 Å². The maximum atomic E-state index is 12.5. The number of hydrogen-bond donors (Lipinski definition) is 0. The number of esters is 1. The second-order valence-corrected chi connectivity index (χ2v) is 8.90. The standard InChI is InChI=1S/C18H23BrO4S/c1-12(2)6-8-23-18(20)15-11-17(16(19)10-14(15)5)24(21,22)9-7-13(3)4/h6-7,10-11H,8-9H2,1-5H3. The van der Waals surface area contributed by atoms with Gasteiger partial charge in [-0.05, 0) is 74.3 Å². The van der Waals surface area contributed by atoms with E-state index >= 15 is 0 Å². The predicted molar refractivity (Wildman–Crippen MR) is 100 cm³/mol. The molecule has 0 bridgehead atoms. The molecule has 1 aromatic carbocycles. The maximum absolute atomic E-state index is 12.5. The number of carbonyl (C=O) groups is 1. The molecule has 0 aliphatic rings. The third-order valence-electron chi connectivity index (χ3n) is 3.25. The Morgan fingerprint density at radius 2 is 1.71 bits per heavy atom. The van der Waals surface area contributed by atoms with E-state index in [1.165, 1.54) is 6.07 Å². The lowest BCUT2D eigenvalue weighted by molar-refractivity contribution is 0.0548. The normalized spacial score (nSPS) is 10.9. The highest BCUT2D eigenvalue weighted by atomic mass is 79.9. The van der Waals surface area contributed by atoms with E-state index in [9.17, 15) is 13.2 Å². The van der Waals surface area contributed by atoms with Crippen molar-refractivity contribution in [1.29, 1.82) is 0 Å². The molecule has 1 aromatic rings. The zero-order valence-corrected chi connectivity index (χ0v) is 17.0. The van der Waals surface area contributed by atoms with E-state index in [1.54, 1.807) is 25.1 Å². The highest BCUT2D eigenvalue weighted by Gasteiger charge is 2.21. The van der Waals surface area contributed by atoms with Gasteiger partial charge in [-0.3, -0.25) is 0 Å². The van der Waals surface area contributed by atoms with Crippen molar-refractivity contribution in [2.45, 2.75) is 39.5 Å². The fourth-order valence-electron chi connectivity index (χ4n) is 1.84. The topological polar surface area (TPSA) is 60.4 Å². The number of ether oxygens (including phenoxy) is 1. The van der Waals surface area contributed by atoms with Crippen molar-refractivity contribution in [2.75, 3.05) is 12.4 Å². The highest BCUT2D eigenvalue weighted by molar-refractivity contribution is 9.10. The molecule has 0 saturated carbocycles. The summed E-state index contributed by atoms with van der Waals surface area (Å²) in [6, 6.07) is 3.02. The van der Waals surface area contributed by atoms with Crippen LogP contribution in [0.5, 0.6) is 0 Å². The number of hydrogen-bond acceptors (Lipinski definition) is 4. The molecule has 0 aliphatic heterocycles. The maximum Gasteiger partial charge on any atom is 0.338 e. The van der Waals surface area contributed by atoms with E-state index in [4.69, 9.17) is 4.74 Å². The van der Waals surface area contributed by atoms with Crippen LogP contribution in [0.15, 0.2) is 44.8 Å². The van der Waals surface area contributed by atoms with Gasteiger partial charge in [0.1, 0.15) is 6.61 Å². The van der Waals surface area contributed by atoms with Gasteiger partial charge >= 0.3 is 5.97 Å². The second kappa shape index (κ2) is 8.62. The van der Waals surface area contributed by atoms with Crippen LogP contribution in [0, 0.1) is 6.92 Å². The summed E-state index contributed by atoms with van der Waals surface area (Å²) in [6.45, 7) is 9.40. The quantitative estimate of drug-likeness (QED) is 0.503. The van der Waals surface area contributed by atoms with Crippen molar-refractivity contribution in [3.63, 3.8) is 0 Å². The molecular weight excluding hydrogens is 392 g/mol. The van der Waals surface area contributed by atoms with Crippen LogP contribution in [0.3, 0.4) is 0 Å². The number of sulfone groups is 1. The number of aryl methyl sites for hydroxylation is 1. The molecule has 0 radical (unpaired) electrons. The lowest BCUT2D eigenvalue weighted by Crippen LogP contribution is -2.12. The van der Waals surface area contributed by atoms with Gasteiger partial charge in [-0.2, -0.15) is 0 Å². The number of rotatable bonds is 6. The molecule has 132 valence electrons. The van der Waals surface area contributed by atoms with Crippen molar-refractivity contribution in [2.24, 2.45) is 0 Å². The van der Waals surface area contributed by atoms with E-state index in [0.717, 1.165) is 11.1 Å². The van der Waals surface area contributed by atoms with Crippen LogP contribution < -0.4 is 0 Å². The molecule has 0 heterocycles. The lowest BCUT2D eigenvalue weighted by atomic mass is 10.1. The summed E-state index contributed by atoms with van der Waals surface area (Å²) in [5, 5.41) is 0. The van der Waals surface area contributed by atoms with Gasteiger partial charge in [0.15, 0.2) is 9.84 Å². The first-order valence-electron chi connectivity index (χ1n) is 7.51. The monoisotopic (exact) mass is 414 g/mol. The molecule has 0 spiro atoms. The first-order chi connectivity index (χ1) is 11.0. The molecule has 0 saturated heterocycles. The fraction of sp³-hybridized carbons (Fsp3) is 0.389. The zero-order chi connectivity index (χ0) is 18.5. The first kappa shape index (κ1) is 20.6. The summed E-state index contributed by atoms with van der Waals surface area (Å²) in [5.74, 6) is -0.639. The van der Waals surface area contributed by atoms with Gasteiger partial charge in [-0.15, -0.1) is 0 Å². The largest absolute Gasteiger partial charge is 0.458 e. The van der Waals surface area contributed by atoms with Gasteiger partial charge in [-0.1, -0.05) is 17.2 Å². The number of halogens is 1. The SMILES string of the molecule is CC(C)=CCOC(=O)c1cc(S(=O)(=O)CC=C(C)C)c(Br)cc1C. The third kappa shape index (κ3) is 5.91. The summed E-state index contributed by atoms with van der Waals surface area (Å²) in [5.41, 5.74) is 2.88.